The van der Waals surface area contributed by atoms with Crippen LogP contribution >= 0.6 is 0 Å². The number of aliphatic hydroxyl groups excluding tert-OH is 1. The third-order valence-electron chi connectivity index (χ3n) is 10.7. The van der Waals surface area contributed by atoms with Crippen LogP contribution in [0.25, 0.3) is 6.08 Å². The van der Waals surface area contributed by atoms with Crippen LogP contribution in [-0.4, -0.2) is 103 Å². The minimum atomic E-state index is -0.986. The number of amides is 1. The fourth-order valence-corrected chi connectivity index (χ4v) is 7.69. The first kappa shape index (κ1) is 36.2. The van der Waals surface area contributed by atoms with Gasteiger partial charge in [0.1, 0.15) is 11.9 Å². The molecule has 0 saturated carbocycles. The molecule has 48 heavy (non-hydrogen) atoms. The van der Waals surface area contributed by atoms with Crippen molar-refractivity contribution in [3.63, 3.8) is 0 Å². The van der Waals surface area contributed by atoms with Gasteiger partial charge < -0.3 is 29.3 Å². The normalized spacial score (nSPS) is 30.0. The van der Waals surface area contributed by atoms with Crippen molar-refractivity contribution < 1.29 is 33.4 Å². The van der Waals surface area contributed by atoms with Crippen molar-refractivity contribution >= 4 is 29.4 Å². The molecule has 1 aliphatic carbocycles. The molecule has 0 spiro atoms. The second kappa shape index (κ2) is 17.0. The highest BCUT2D eigenvalue weighted by Crippen LogP contribution is 2.31. The maximum atomic E-state index is 15.1. The first-order chi connectivity index (χ1) is 23.1. The van der Waals surface area contributed by atoms with Crippen LogP contribution in [0, 0.1) is 23.6 Å². The van der Waals surface area contributed by atoms with Crippen LogP contribution < -0.4 is 4.90 Å². The fourth-order valence-electron chi connectivity index (χ4n) is 7.69. The summed E-state index contributed by atoms with van der Waals surface area (Å²) in [6.07, 6.45) is 9.66. The minimum Gasteiger partial charge on any atom is -0.442 e. The number of likely N-dealkylation sites (tertiary alicyclic amines) is 2. The number of nitrogens with zero attached hydrogens (tertiary/aromatic N) is 3. The van der Waals surface area contributed by atoms with Gasteiger partial charge in [0.2, 0.25) is 11.6 Å². The predicted octanol–water partition coefficient (Wildman–Crippen LogP) is 5.65. The number of carbonyl (C=O) groups is 3. The van der Waals surface area contributed by atoms with Gasteiger partial charge in [0, 0.05) is 49.9 Å². The molecule has 1 aromatic rings. The summed E-state index contributed by atoms with van der Waals surface area (Å²) >= 11 is 0. The Morgan fingerprint density at radius 3 is 2.38 bits per heavy atom. The highest BCUT2D eigenvalue weighted by Gasteiger charge is 2.34. The lowest BCUT2D eigenvalue weighted by Crippen LogP contribution is -2.48. The van der Waals surface area contributed by atoms with Gasteiger partial charge in [-0.15, -0.1) is 0 Å². The van der Waals surface area contributed by atoms with E-state index in [4.69, 9.17) is 9.47 Å². The lowest BCUT2D eigenvalue weighted by molar-refractivity contribution is -0.140. The van der Waals surface area contributed by atoms with Gasteiger partial charge in [-0.1, -0.05) is 38.0 Å². The maximum Gasteiger partial charge on any atom is 0.410 e. The number of halogens is 1. The second-order valence-corrected chi connectivity index (χ2v) is 14.3. The van der Waals surface area contributed by atoms with Crippen molar-refractivity contribution in [2.24, 2.45) is 17.8 Å². The number of piperidine rings is 2. The molecule has 3 saturated heterocycles. The number of aliphatic hydroxyl groups is 1. The zero-order chi connectivity index (χ0) is 34.2. The summed E-state index contributed by atoms with van der Waals surface area (Å²) in [7, 11) is 0. The number of anilines is 1. The summed E-state index contributed by atoms with van der Waals surface area (Å²) in [5, 5.41) is 10.7. The number of rotatable bonds is 5. The van der Waals surface area contributed by atoms with Crippen LogP contribution in [0.5, 0.6) is 0 Å². The SMILES string of the molecule is C/C(=C\c1cc(N2CCOCC2)ccc1F)[C@H]1C(=O)C(=O)C[C@H](O)CC[C@H](C)[C@@H](OC(=O)N2CCC(N3CCCCC3)CC2)/C=C/[C@@H]1C. The molecule has 0 aromatic heterocycles. The van der Waals surface area contributed by atoms with E-state index < -0.39 is 41.4 Å². The molecular formula is C38H54FN3O6. The number of hydrogen-bond donors (Lipinski definition) is 1. The summed E-state index contributed by atoms with van der Waals surface area (Å²) in [5.74, 6) is -3.09. The Hall–Kier alpha value is -3.08. The molecule has 1 N–H and O–H groups in total. The molecular weight excluding hydrogens is 613 g/mol. The molecule has 10 heteroatoms. The third kappa shape index (κ3) is 9.33. The average molecular weight is 668 g/mol. The van der Waals surface area contributed by atoms with Gasteiger partial charge in [-0.05, 0) is 94.6 Å². The molecule has 4 aliphatic rings. The summed E-state index contributed by atoms with van der Waals surface area (Å²) in [6.45, 7) is 11.8. The lowest BCUT2D eigenvalue weighted by atomic mass is 9.79. The van der Waals surface area contributed by atoms with Crippen LogP contribution in [0.15, 0.2) is 35.9 Å². The number of allylic oxidation sites excluding steroid dienone is 2. The fraction of sp³-hybridized carbons (Fsp3) is 0.658. The monoisotopic (exact) mass is 667 g/mol. The van der Waals surface area contributed by atoms with Crippen LogP contribution in [-0.2, 0) is 19.1 Å². The number of hydrogen-bond acceptors (Lipinski definition) is 8. The summed E-state index contributed by atoms with van der Waals surface area (Å²) in [6, 6.07) is 5.45. The molecule has 1 amide bonds. The van der Waals surface area contributed by atoms with Gasteiger partial charge in [-0.3, -0.25) is 9.59 Å². The standard InChI is InChI=1S/C38H54FN3O6/c1-26-7-10-32(43)25-34(44)37(45)36(28(3)23-29-24-31(9-11-33(29)39)41-19-21-47-22-20-41)27(2)8-12-35(26)48-38(46)42-17-13-30(14-18-42)40-15-5-4-6-16-40/h8-9,11-12,23-24,26-27,30,32,35-36,43H,4-7,10,13-22,25H2,1-3H3/b12-8+,28-23+/t26-,27-,32+,35-,36-/m0/s1. The molecule has 3 fully saturated rings. The Kier molecular flexibility index (Phi) is 12.8. The molecule has 3 heterocycles. The van der Waals surface area contributed by atoms with E-state index in [0.29, 0.717) is 69.4 Å². The maximum absolute atomic E-state index is 15.1. The minimum absolute atomic E-state index is 0.115. The van der Waals surface area contributed by atoms with E-state index in [2.05, 4.69) is 9.80 Å². The smallest absolute Gasteiger partial charge is 0.410 e. The number of ether oxygens (including phenoxy) is 2. The molecule has 5 rings (SSSR count). The molecule has 0 bridgehead atoms. The van der Waals surface area contributed by atoms with Crippen molar-refractivity contribution in [3.8, 4) is 0 Å². The van der Waals surface area contributed by atoms with Gasteiger partial charge in [0.15, 0.2) is 0 Å². The molecule has 3 aliphatic heterocycles. The summed E-state index contributed by atoms with van der Waals surface area (Å²) in [4.78, 5) is 46.7. The number of ketones is 2. The lowest BCUT2D eigenvalue weighted by Gasteiger charge is -2.40. The Labute approximate surface area is 285 Å². The van der Waals surface area contributed by atoms with Crippen LogP contribution in [0.3, 0.4) is 0 Å². The Morgan fingerprint density at radius 2 is 1.67 bits per heavy atom. The largest absolute Gasteiger partial charge is 0.442 e. The molecule has 1 aromatic carbocycles. The summed E-state index contributed by atoms with van der Waals surface area (Å²) < 4.78 is 26.7. The van der Waals surface area contributed by atoms with E-state index >= 15 is 4.39 Å². The van der Waals surface area contributed by atoms with Crippen LogP contribution in [0.4, 0.5) is 14.9 Å². The Bertz CT molecular complexity index is 1330. The van der Waals surface area contributed by atoms with E-state index in [0.717, 1.165) is 31.6 Å². The topological polar surface area (TPSA) is 99.6 Å². The van der Waals surface area contributed by atoms with Crippen molar-refractivity contribution in [2.45, 2.75) is 90.4 Å². The van der Waals surface area contributed by atoms with Gasteiger partial charge in [0.25, 0.3) is 0 Å². The third-order valence-corrected chi connectivity index (χ3v) is 10.7. The summed E-state index contributed by atoms with van der Waals surface area (Å²) in [5.41, 5.74) is 1.75. The Morgan fingerprint density at radius 1 is 0.958 bits per heavy atom. The van der Waals surface area contributed by atoms with Crippen LogP contribution in [0.2, 0.25) is 0 Å². The number of carbonyl (C=O) groups excluding carboxylic acids is 3. The van der Waals surface area contributed by atoms with Crippen molar-refractivity contribution in [1.82, 2.24) is 9.80 Å². The van der Waals surface area contributed by atoms with Gasteiger partial charge in [0.05, 0.1) is 25.2 Å². The average Bonchev–Trinajstić information content (AvgIpc) is 3.10. The number of benzene rings is 1. The number of Topliss-reactive ketones (excluding diaryl/α,β-unsaturated/α-hetero) is 2. The highest BCUT2D eigenvalue weighted by atomic mass is 19.1. The quantitative estimate of drug-likeness (QED) is 0.318. The van der Waals surface area contributed by atoms with E-state index in [1.165, 1.54) is 25.3 Å². The van der Waals surface area contributed by atoms with Crippen molar-refractivity contribution in [1.29, 1.82) is 0 Å². The van der Waals surface area contributed by atoms with Gasteiger partial charge >= 0.3 is 6.09 Å². The van der Waals surface area contributed by atoms with E-state index in [9.17, 15) is 19.5 Å². The van der Waals surface area contributed by atoms with E-state index in [1.54, 1.807) is 30.0 Å². The number of morpholine rings is 1. The van der Waals surface area contributed by atoms with Crippen molar-refractivity contribution in [3.05, 3.63) is 47.3 Å². The van der Waals surface area contributed by atoms with Crippen molar-refractivity contribution in [2.75, 3.05) is 57.4 Å². The van der Waals surface area contributed by atoms with E-state index in [1.807, 2.05) is 26.0 Å². The molecule has 0 radical (unpaired) electrons. The molecule has 9 nitrogen and oxygen atoms in total. The highest BCUT2D eigenvalue weighted by molar-refractivity contribution is 6.38. The Balaban J connectivity index is 1.33. The first-order valence-corrected chi connectivity index (χ1v) is 18.0. The van der Waals surface area contributed by atoms with Gasteiger partial charge in [-0.25, -0.2) is 9.18 Å². The molecule has 264 valence electrons. The van der Waals surface area contributed by atoms with E-state index in [-0.39, 0.29) is 18.4 Å². The molecule has 5 atom stereocenters. The zero-order valence-corrected chi connectivity index (χ0v) is 28.9. The second-order valence-electron chi connectivity index (χ2n) is 14.3. The molecule has 0 unspecified atom stereocenters. The van der Waals surface area contributed by atoms with Gasteiger partial charge in [-0.2, -0.15) is 0 Å². The van der Waals surface area contributed by atoms with Crippen LogP contribution in [0.1, 0.15) is 77.7 Å². The zero-order valence-electron chi connectivity index (χ0n) is 28.9. The first-order valence-electron chi connectivity index (χ1n) is 18.0. The predicted molar refractivity (Wildman–Crippen MR) is 184 cm³/mol.